The van der Waals surface area contributed by atoms with Crippen LogP contribution in [0, 0.1) is 0 Å². The highest BCUT2D eigenvalue weighted by Gasteiger charge is 2.22. The summed E-state index contributed by atoms with van der Waals surface area (Å²) in [5.74, 6) is -0.0613. The quantitative estimate of drug-likeness (QED) is 0.312. The SMILES string of the molecule is CCCCC(=O)Nc1ccc(SC(C(=O)Nc2ccc(Br)cc2)c2ccccc2)cc1. The number of halogens is 1. The van der Waals surface area contributed by atoms with Crippen molar-refractivity contribution < 1.29 is 9.59 Å². The Morgan fingerprint density at radius 2 is 1.48 bits per heavy atom. The van der Waals surface area contributed by atoms with Crippen molar-refractivity contribution in [1.82, 2.24) is 0 Å². The van der Waals surface area contributed by atoms with Crippen molar-refractivity contribution in [2.45, 2.75) is 36.3 Å². The number of carbonyl (C=O) groups excluding carboxylic acids is 2. The number of amides is 2. The zero-order valence-electron chi connectivity index (χ0n) is 17.3. The molecule has 3 aromatic rings. The highest BCUT2D eigenvalue weighted by molar-refractivity contribution is 9.10. The molecule has 0 aliphatic carbocycles. The first-order chi connectivity index (χ1) is 15.0. The lowest BCUT2D eigenvalue weighted by atomic mass is 10.1. The third-order valence-electron chi connectivity index (χ3n) is 4.60. The molecular formula is C25H25BrN2O2S. The third kappa shape index (κ3) is 7.26. The first-order valence-corrected chi connectivity index (χ1v) is 11.9. The minimum Gasteiger partial charge on any atom is -0.326 e. The van der Waals surface area contributed by atoms with E-state index in [1.807, 2.05) is 78.9 Å². The van der Waals surface area contributed by atoms with Gasteiger partial charge in [0.25, 0.3) is 0 Å². The maximum atomic E-state index is 13.1. The lowest BCUT2D eigenvalue weighted by molar-refractivity contribution is -0.116. The van der Waals surface area contributed by atoms with Gasteiger partial charge >= 0.3 is 0 Å². The van der Waals surface area contributed by atoms with Crippen LogP contribution < -0.4 is 10.6 Å². The van der Waals surface area contributed by atoms with Gasteiger partial charge in [-0.3, -0.25) is 9.59 Å². The summed E-state index contributed by atoms with van der Waals surface area (Å²) in [6.45, 7) is 2.06. The molecule has 0 aliphatic heterocycles. The molecule has 0 radical (unpaired) electrons. The van der Waals surface area contributed by atoms with Gasteiger partial charge in [0.15, 0.2) is 0 Å². The van der Waals surface area contributed by atoms with Crippen LogP contribution >= 0.6 is 27.7 Å². The third-order valence-corrected chi connectivity index (χ3v) is 6.40. The van der Waals surface area contributed by atoms with E-state index >= 15 is 0 Å². The van der Waals surface area contributed by atoms with Gasteiger partial charge in [0, 0.05) is 27.2 Å². The van der Waals surface area contributed by atoms with Crippen LogP contribution in [0.15, 0.2) is 88.2 Å². The van der Waals surface area contributed by atoms with Crippen molar-refractivity contribution in [3.8, 4) is 0 Å². The van der Waals surface area contributed by atoms with E-state index in [2.05, 4.69) is 33.5 Å². The number of hydrogen-bond acceptors (Lipinski definition) is 3. The van der Waals surface area contributed by atoms with Crippen molar-refractivity contribution in [3.63, 3.8) is 0 Å². The minimum atomic E-state index is -0.408. The largest absolute Gasteiger partial charge is 0.326 e. The van der Waals surface area contributed by atoms with E-state index < -0.39 is 5.25 Å². The normalized spacial score (nSPS) is 11.5. The van der Waals surface area contributed by atoms with Crippen LogP contribution in [0.4, 0.5) is 11.4 Å². The number of rotatable bonds is 9. The molecule has 0 saturated carbocycles. The molecule has 2 N–H and O–H groups in total. The van der Waals surface area contributed by atoms with E-state index in [-0.39, 0.29) is 11.8 Å². The molecule has 0 heterocycles. The molecule has 1 unspecified atom stereocenters. The molecule has 0 aromatic heterocycles. The fourth-order valence-electron chi connectivity index (χ4n) is 2.96. The van der Waals surface area contributed by atoms with Gasteiger partial charge in [-0.1, -0.05) is 59.6 Å². The first kappa shape index (κ1) is 23.1. The summed E-state index contributed by atoms with van der Waals surface area (Å²) in [5, 5.41) is 5.52. The Morgan fingerprint density at radius 3 is 2.13 bits per heavy atom. The number of unbranched alkanes of at least 4 members (excludes halogenated alkanes) is 1. The van der Waals surface area contributed by atoms with Crippen LogP contribution in [0.1, 0.15) is 37.0 Å². The molecule has 2 amide bonds. The van der Waals surface area contributed by atoms with Crippen LogP contribution in [0.25, 0.3) is 0 Å². The van der Waals surface area contributed by atoms with Crippen molar-refractivity contribution in [3.05, 3.63) is 88.9 Å². The molecule has 4 nitrogen and oxygen atoms in total. The predicted octanol–water partition coefficient (Wildman–Crippen LogP) is 7.05. The van der Waals surface area contributed by atoms with E-state index in [1.54, 1.807) is 0 Å². The van der Waals surface area contributed by atoms with Crippen molar-refractivity contribution in [2.75, 3.05) is 10.6 Å². The maximum Gasteiger partial charge on any atom is 0.242 e. The molecule has 1 atom stereocenters. The number of anilines is 2. The highest BCUT2D eigenvalue weighted by atomic mass is 79.9. The molecule has 3 aromatic carbocycles. The molecule has 0 spiro atoms. The summed E-state index contributed by atoms with van der Waals surface area (Å²) in [4.78, 5) is 26.0. The van der Waals surface area contributed by atoms with E-state index in [0.29, 0.717) is 6.42 Å². The number of benzene rings is 3. The van der Waals surface area contributed by atoms with E-state index in [9.17, 15) is 9.59 Å². The van der Waals surface area contributed by atoms with Gasteiger partial charge in [-0.2, -0.15) is 0 Å². The van der Waals surface area contributed by atoms with Gasteiger partial charge in [-0.05, 0) is 60.5 Å². The van der Waals surface area contributed by atoms with Crippen LogP contribution in [0.5, 0.6) is 0 Å². The fraction of sp³-hybridized carbons (Fsp3) is 0.200. The molecule has 0 fully saturated rings. The molecule has 0 bridgehead atoms. The van der Waals surface area contributed by atoms with Crippen LogP contribution in [0.3, 0.4) is 0 Å². The predicted molar refractivity (Wildman–Crippen MR) is 132 cm³/mol. The van der Waals surface area contributed by atoms with Gasteiger partial charge < -0.3 is 10.6 Å². The second-order valence-electron chi connectivity index (χ2n) is 7.08. The summed E-state index contributed by atoms with van der Waals surface area (Å²) in [7, 11) is 0. The lowest BCUT2D eigenvalue weighted by Gasteiger charge is -2.17. The van der Waals surface area contributed by atoms with Gasteiger partial charge in [0.05, 0.1) is 0 Å². The van der Waals surface area contributed by atoms with E-state index in [0.717, 1.165) is 39.1 Å². The van der Waals surface area contributed by atoms with Crippen LogP contribution in [-0.4, -0.2) is 11.8 Å². The van der Waals surface area contributed by atoms with Crippen molar-refractivity contribution in [2.24, 2.45) is 0 Å². The zero-order chi connectivity index (χ0) is 22.1. The second kappa shape index (κ2) is 11.7. The monoisotopic (exact) mass is 496 g/mol. The zero-order valence-corrected chi connectivity index (χ0v) is 19.7. The van der Waals surface area contributed by atoms with E-state index in [4.69, 9.17) is 0 Å². The number of hydrogen-bond donors (Lipinski definition) is 2. The Hall–Kier alpha value is -2.57. The Labute approximate surface area is 196 Å². The summed E-state index contributed by atoms with van der Waals surface area (Å²) in [6, 6.07) is 24.9. The molecule has 0 saturated heterocycles. The molecular weight excluding hydrogens is 472 g/mol. The van der Waals surface area contributed by atoms with Gasteiger partial charge in [-0.25, -0.2) is 0 Å². The first-order valence-electron chi connectivity index (χ1n) is 10.2. The van der Waals surface area contributed by atoms with E-state index in [1.165, 1.54) is 11.8 Å². The van der Waals surface area contributed by atoms with Crippen molar-refractivity contribution in [1.29, 1.82) is 0 Å². The maximum absolute atomic E-state index is 13.1. The van der Waals surface area contributed by atoms with Gasteiger partial charge in [0.2, 0.25) is 11.8 Å². The number of carbonyl (C=O) groups is 2. The van der Waals surface area contributed by atoms with Gasteiger partial charge in [0.1, 0.15) is 5.25 Å². The molecule has 160 valence electrons. The lowest BCUT2D eigenvalue weighted by Crippen LogP contribution is -2.19. The highest BCUT2D eigenvalue weighted by Crippen LogP contribution is 2.36. The number of nitrogens with one attached hydrogen (secondary N) is 2. The summed E-state index contributed by atoms with van der Waals surface area (Å²) < 4.78 is 0.960. The standard InChI is InChI=1S/C25H25BrN2O2S/c1-2-3-9-23(29)27-20-14-16-22(17-15-20)31-24(18-7-5-4-6-8-18)25(30)28-21-12-10-19(26)11-13-21/h4-8,10-17,24H,2-3,9H2,1H3,(H,27,29)(H,28,30). The summed E-state index contributed by atoms with van der Waals surface area (Å²) >= 11 is 4.89. The molecule has 31 heavy (non-hydrogen) atoms. The summed E-state index contributed by atoms with van der Waals surface area (Å²) in [6.07, 6.45) is 2.40. The fourth-order valence-corrected chi connectivity index (χ4v) is 4.24. The van der Waals surface area contributed by atoms with Crippen LogP contribution in [0.2, 0.25) is 0 Å². The average molecular weight is 497 g/mol. The molecule has 6 heteroatoms. The summed E-state index contributed by atoms with van der Waals surface area (Å²) in [5.41, 5.74) is 2.44. The van der Waals surface area contributed by atoms with Gasteiger partial charge in [-0.15, -0.1) is 11.8 Å². The second-order valence-corrected chi connectivity index (χ2v) is 9.18. The Kier molecular flexibility index (Phi) is 8.74. The number of thioether (sulfide) groups is 1. The topological polar surface area (TPSA) is 58.2 Å². The molecule has 0 aliphatic rings. The van der Waals surface area contributed by atoms with Crippen LogP contribution in [-0.2, 0) is 9.59 Å². The Balaban J connectivity index is 1.72. The Bertz CT molecular complexity index is 992. The Morgan fingerprint density at radius 1 is 0.871 bits per heavy atom. The van der Waals surface area contributed by atoms with Crippen molar-refractivity contribution >= 4 is 50.9 Å². The minimum absolute atomic E-state index is 0.0262. The average Bonchev–Trinajstić information content (AvgIpc) is 2.79. The molecule has 3 rings (SSSR count). The smallest absolute Gasteiger partial charge is 0.242 e.